The minimum absolute atomic E-state index is 0.640. The van der Waals surface area contributed by atoms with Crippen LogP contribution in [0.25, 0.3) is 0 Å². The monoisotopic (exact) mass is 292 g/mol. The minimum Gasteiger partial charge on any atom is -0.497 e. The third-order valence-electron chi connectivity index (χ3n) is 2.58. The third-order valence-corrected chi connectivity index (χ3v) is 3.77. The Labute approximate surface area is 122 Å². The van der Waals surface area contributed by atoms with E-state index in [0.717, 1.165) is 24.4 Å². The Kier molecular flexibility index (Phi) is 5.18. The van der Waals surface area contributed by atoms with Gasteiger partial charge in [0.25, 0.3) is 0 Å². The van der Waals surface area contributed by atoms with Crippen LogP contribution in [0, 0.1) is 0 Å². The molecule has 0 atom stereocenters. The molecule has 0 saturated carbocycles. The predicted octanol–water partition coefficient (Wildman–Crippen LogP) is 3.29. The summed E-state index contributed by atoms with van der Waals surface area (Å²) in [5.41, 5.74) is 0.953. The summed E-state index contributed by atoms with van der Waals surface area (Å²) in [6.07, 6.45) is 0.988. The van der Waals surface area contributed by atoms with Crippen molar-refractivity contribution in [1.29, 1.82) is 0 Å². The number of hydrogen-bond acceptors (Lipinski definition) is 3. The van der Waals surface area contributed by atoms with E-state index < -0.39 is 0 Å². The van der Waals surface area contributed by atoms with E-state index in [-0.39, 0.29) is 0 Å². The van der Waals surface area contributed by atoms with Gasteiger partial charge in [-0.15, -0.1) is 11.3 Å². The molecule has 0 radical (unpaired) electrons. The van der Waals surface area contributed by atoms with Gasteiger partial charge in [0.15, 0.2) is 5.11 Å². The Morgan fingerprint density at radius 3 is 2.68 bits per heavy atom. The number of thiocarbonyl (C=S) groups is 1. The highest BCUT2D eigenvalue weighted by atomic mass is 32.1. The zero-order chi connectivity index (χ0) is 13.5. The summed E-state index contributed by atoms with van der Waals surface area (Å²) in [7, 11) is 1.65. The molecule has 100 valence electrons. The molecule has 1 heterocycles. The molecular formula is C14H16N2OS2. The normalized spacial score (nSPS) is 9.95. The predicted molar refractivity (Wildman–Crippen MR) is 85.2 cm³/mol. The third kappa shape index (κ3) is 4.54. The second kappa shape index (κ2) is 7.11. The maximum atomic E-state index is 5.24. The van der Waals surface area contributed by atoms with Gasteiger partial charge in [-0.1, -0.05) is 6.07 Å². The van der Waals surface area contributed by atoms with Crippen molar-refractivity contribution >= 4 is 34.4 Å². The molecule has 19 heavy (non-hydrogen) atoms. The van der Waals surface area contributed by atoms with Crippen molar-refractivity contribution in [2.24, 2.45) is 0 Å². The Morgan fingerprint density at radius 1 is 1.26 bits per heavy atom. The first-order valence-electron chi connectivity index (χ1n) is 5.99. The van der Waals surface area contributed by atoms with Crippen LogP contribution in [0.2, 0.25) is 0 Å². The van der Waals surface area contributed by atoms with Crippen LogP contribution in [0.5, 0.6) is 5.75 Å². The topological polar surface area (TPSA) is 33.3 Å². The van der Waals surface area contributed by atoms with Gasteiger partial charge in [-0.2, -0.15) is 0 Å². The first kappa shape index (κ1) is 13.8. The molecule has 0 spiro atoms. The number of ether oxygens (including phenoxy) is 1. The molecule has 2 rings (SSSR count). The second-order valence-corrected chi connectivity index (χ2v) is 5.38. The van der Waals surface area contributed by atoms with Gasteiger partial charge in [-0.3, -0.25) is 0 Å². The van der Waals surface area contributed by atoms with Gasteiger partial charge < -0.3 is 15.4 Å². The van der Waals surface area contributed by atoms with Crippen LogP contribution in [0.15, 0.2) is 41.8 Å². The average Bonchev–Trinajstić information content (AvgIpc) is 2.93. The molecule has 1 aromatic carbocycles. The van der Waals surface area contributed by atoms with Gasteiger partial charge in [0, 0.05) is 17.1 Å². The molecule has 0 amide bonds. The summed E-state index contributed by atoms with van der Waals surface area (Å²) < 4.78 is 5.11. The summed E-state index contributed by atoms with van der Waals surface area (Å²) >= 11 is 7.01. The largest absolute Gasteiger partial charge is 0.497 e. The minimum atomic E-state index is 0.640. The number of thiophene rings is 1. The van der Waals surface area contributed by atoms with Crippen LogP contribution in [-0.2, 0) is 6.42 Å². The van der Waals surface area contributed by atoms with Crippen molar-refractivity contribution in [3.63, 3.8) is 0 Å². The molecule has 0 aliphatic heterocycles. The van der Waals surface area contributed by atoms with Gasteiger partial charge >= 0.3 is 0 Å². The lowest BCUT2D eigenvalue weighted by Crippen LogP contribution is -2.30. The van der Waals surface area contributed by atoms with Crippen LogP contribution in [0.3, 0.4) is 0 Å². The highest BCUT2D eigenvalue weighted by Crippen LogP contribution is 2.14. The molecule has 3 nitrogen and oxygen atoms in total. The van der Waals surface area contributed by atoms with Crippen molar-refractivity contribution in [2.75, 3.05) is 19.0 Å². The van der Waals surface area contributed by atoms with Crippen molar-refractivity contribution in [3.8, 4) is 5.75 Å². The molecule has 0 bridgehead atoms. The number of nitrogens with one attached hydrogen (secondary N) is 2. The number of methoxy groups -OCH3 is 1. The fraction of sp³-hybridized carbons (Fsp3) is 0.214. The Morgan fingerprint density at radius 2 is 2.05 bits per heavy atom. The molecule has 0 aliphatic rings. The quantitative estimate of drug-likeness (QED) is 0.829. The summed E-state index contributed by atoms with van der Waals surface area (Å²) in [6, 6.07) is 11.9. The van der Waals surface area contributed by atoms with Gasteiger partial charge in [-0.05, 0) is 54.4 Å². The molecule has 5 heteroatoms. The second-order valence-electron chi connectivity index (χ2n) is 3.94. The van der Waals surface area contributed by atoms with Crippen molar-refractivity contribution in [1.82, 2.24) is 5.32 Å². The molecule has 1 aromatic heterocycles. The number of benzene rings is 1. The highest BCUT2D eigenvalue weighted by molar-refractivity contribution is 7.80. The van der Waals surface area contributed by atoms with Crippen LogP contribution in [-0.4, -0.2) is 18.8 Å². The van der Waals surface area contributed by atoms with E-state index in [0.29, 0.717) is 5.11 Å². The van der Waals surface area contributed by atoms with Gasteiger partial charge in [0.05, 0.1) is 7.11 Å². The standard InChI is InChI=1S/C14H16N2OS2/c1-17-12-6-4-11(5-7-12)16-14(18)15-9-8-13-3-2-10-19-13/h2-7,10H,8-9H2,1H3,(H2,15,16,18). The molecule has 2 aromatic rings. The van der Waals surface area contributed by atoms with Crippen molar-refractivity contribution in [2.45, 2.75) is 6.42 Å². The summed E-state index contributed by atoms with van der Waals surface area (Å²) in [5, 5.41) is 9.06. The molecule has 0 fully saturated rings. The zero-order valence-electron chi connectivity index (χ0n) is 10.7. The fourth-order valence-electron chi connectivity index (χ4n) is 1.60. The van der Waals surface area contributed by atoms with Gasteiger partial charge in [-0.25, -0.2) is 0 Å². The number of anilines is 1. The lowest BCUT2D eigenvalue weighted by molar-refractivity contribution is 0.415. The zero-order valence-corrected chi connectivity index (χ0v) is 12.3. The lowest BCUT2D eigenvalue weighted by atomic mass is 10.3. The van der Waals surface area contributed by atoms with Crippen molar-refractivity contribution < 1.29 is 4.74 Å². The van der Waals surface area contributed by atoms with Crippen LogP contribution in [0.1, 0.15) is 4.88 Å². The van der Waals surface area contributed by atoms with Crippen LogP contribution >= 0.6 is 23.6 Å². The summed E-state index contributed by atoms with van der Waals surface area (Å²) in [4.78, 5) is 1.36. The molecule has 2 N–H and O–H groups in total. The van der Waals surface area contributed by atoms with E-state index in [2.05, 4.69) is 28.1 Å². The summed E-state index contributed by atoms with van der Waals surface area (Å²) in [6.45, 7) is 0.836. The first-order valence-corrected chi connectivity index (χ1v) is 7.28. The van der Waals surface area contributed by atoms with E-state index in [9.17, 15) is 0 Å². The Hall–Kier alpha value is -1.59. The lowest BCUT2D eigenvalue weighted by Gasteiger charge is -2.10. The van der Waals surface area contributed by atoms with Gasteiger partial charge in [0.1, 0.15) is 5.75 Å². The van der Waals surface area contributed by atoms with Crippen molar-refractivity contribution in [3.05, 3.63) is 46.7 Å². The van der Waals surface area contributed by atoms with E-state index in [1.807, 2.05) is 24.3 Å². The van der Waals surface area contributed by atoms with Crippen LogP contribution < -0.4 is 15.4 Å². The van der Waals surface area contributed by atoms with Crippen LogP contribution in [0.4, 0.5) is 5.69 Å². The van der Waals surface area contributed by atoms with E-state index in [1.54, 1.807) is 18.4 Å². The average molecular weight is 292 g/mol. The van der Waals surface area contributed by atoms with E-state index in [1.165, 1.54) is 4.88 Å². The first-order chi connectivity index (χ1) is 9.28. The SMILES string of the molecule is COc1ccc(NC(=S)NCCc2cccs2)cc1. The highest BCUT2D eigenvalue weighted by Gasteiger charge is 1.99. The molecular weight excluding hydrogens is 276 g/mol. The Bertz CT molecular complexity index is 509. The molecule has 0 saturated heterocycles. The maximum Gasteiger partial charge on any atom is 0.170 e. The smallest absolute Gasteiger partial charge is 0.170 e. The van der Waals surface area contributed by atoms with E-state index >= 15 is 0 Å². The summed E-state index contributed by atoms with van der Waals surface area (Å²) in [5.74, 6) is 0.835. The maximum absolute atomic E-state index is 5.24. The van der Waals surface area contributed by atoms with Gasteiger partial charge in [0.2, 0.25) is 0 Å². The Balaban J connectivity index is 1.74. The fourth-order valence-corrected chi connectivity index (χ4v) is 2.53. The molecule has 0 unspecified atom stereocenters. The van der Waals surface area contributed by atoms with E-state index in [4.69, 9.17) is 17.0 Å². The number of hydrogen-bond donors (Lipinski definition) is 2. The molecule has 0 aliphatic carbocycles. The number of rotatable bonds is 5.